The van der Waals surface area contributed by atoms with Gasteiger partial charge < -0.3 is 12.6 Å². The van der Waals surface area contributed by atoms with Crippen molar-refractivity contribution in [1.82, 2.24) is 4.58 Å². The van der Waals surface area contributed by atoms with Crippen molar-refractivity contribution in [3.63, 3.8) is 0 Å². The summed E-state index contributed by atoms with van der Waals surface area (Å²) in [4.78, 5) is 1.20. The highest BCUT2D eigenvalue weighted by molar-refractivity contribution is 7.64. The van der Waals surface area contributed by atoms with Crippen LogP contribution in [0.15, 0.2) is 46.7 Å². The summed E-state index contributed by atoms with van der Waals surface area (Å²) in [6.45, 7) is 0. The predicted octanol–water partition coefficient (Wildman–Crippen LogP) is 3.57. The van der Waals surface area contributed by atoms with Gasteiger partial charge in [-0.25, -0.2) is 4.58 Å². The average Bonchev–Trinajstić information content (AvgIpc) is 2.80. The van der Waals surface area contributed by atoms with Crippen molar-refractivity contribution in [3.05, 3.63) is 46.4 Å². The van der Waals surface area contributed by atoms with Crippen LogP contribution in [0.5, 0.6) is 0 Å². The third-order valence-corrected chi connectivity index (χ3v) is 6.26. The molecule has 0 saturated carbocycles. The Balaban J connectivity index is 2.22. The fourth-order valence-electron chi connectivity index (χ4n) is 1.97. The monoisotopic (exact) mass is 303 g/mol. The summed E-state index contributed by atoms with van der Waals surface area (Å²) in [7, 11) is 4.11. The molecular weight excluding hydrogens is 290 g/mol. The molecule has 0 spiro atoms. The van der Waals surface area contributed by atoms with Crippen LogP contribution in [0.25, 0.3) is 21.2 Å². The topological polar surface area (TPSA) is 3.01 Å². The van der Waals surface area contributed by atoms with Crippen LogP contribution in [-0.2, 0) is 12.6 Å². The zero-order valence-electron chi connectivity index (χ0n) is 10.7. The van der Waals surface area contributed by atoms with Gasteiger partial charge in [-0.3, -0.25) is 11.3 Å². The van der Waals surface area contributed by atoms with Gasteiger partial charge >= 0.3 is 0 Å². The average molecular weight is 303 g/mol. The lowest BCUT2D eigenvalue weighted by Gasteiger charge is -2.04. The first-order valence-corrected chi connectivity index (χ1v) is 8.00. The van der Waals surface area contributed by atoms with E-state index in [1.807, 2.05) is 0 Å². The van der Waals surface area contributed by atoms with Crippen LogP contribution in [0.3, 0.4) is 0 Å². The van der Waals surface area contributed by atoms with Crippen molar-refractivity contribution in [2.45, 2.75) is 4.21 Å². The Hall–Kier alpha value is -1.23. The first-order valence-electron chi connectivity index (χ1n) is 5.95. The zero-order chi connectivity index (χ0) is 13.4. The molecule has 1 heterocycles. The third kappa shape index (κ3) is 2.43. The van der Waals surface area contributed by atoms with Gasteiger partial charge in [-0.2, -0.15) is 0 Å². The summed E-state index contributed by atoms with van der Waals surface area (Å²) in [5.41, 5.74) is 1.22. The summed E-state index contributed by atoms with van der Waals surface area (Å²) in [6, 6.07) is 15.0. The molecule has 0 aliphatic heterocycles. The molecule has 0 amide bonds. The molecule has 19 heavy (non-hydrogen) atoms. The molecule has 96 valence electrons. The van der Waals surface area contributed by atoms with Crippen LogP contribution < -0.4 is 8.56 Å². The highest BCUT2D eigenvalue weighted by Crippen LogP contribution is 2.31. The SMILES string of the molecule is C[N+](C)=c1sc([S-])c(-c2ccc3ccccc3c2)s1. The Morgan fingerprint density at radius 1 is 0.947 bits per heavy atom. The Kier molecular flexibility index (Phi) is 3.39. The molecule has 0 bridgehead atoms. The highest BCUT2D eigenvalue weighted by atomic mass is 32.2. The van der Waals surface area contributed by atoms with Crippen molar-refractivity contribution in [3.8, 4) is 10.4 Å². The summed E-state index contributed by atoms with van der Waals surface area (Å²) >= 11 is 8.95. The molecular formula is C15H13NS3. The highest BCUT2D eigenvalue weighted by Gasteiger charge is 2.04. The number of hydrogen-bond acceptors (Lipinski definition) is 3. The molecule has 4 heteroatoms. The molecule has 0 aliphatic carbocycles. The van der Waals surface area contributed by atoms with Gasteiger partial charge in [0.15, 0.2) is 0 Å². The first kappa shape index (κ1) is 12.8. The quantitative estimate of drug-likeness (QED) is 0.490. The minimum absolute atomic E-state index is 0.976. The van der Waals surface area contributed by atoms with Gasteiger partial charge in [-0.15, -0.1) is 0 Å². The largest absolute Gasteiger partial charge is 0.426 e. The lowest BCUT2D eigenvalue weighted by molar-refractivity contribution is 0.844. The zero-order valence-corrected chi connectivity index (χ0v) is 13.2. The van der Waals surface area contributed by atoms with Crippen LogP contribution in [0.2, 0.25) is 0 Å². The van der Waals surface area contributed by atoms with Crippen LogP contribution >= 0.6 is 22.7 Å². The van der Waals surface area contributed by atoms with E-state index in [1.54, 1.807) is 22.7 Å². The van der Waals surface area contributed by atoms with E-state index >= 15 is 0 Å². The van der Waals surface area contributed by atoms with E-state index in [2.05, 4.69) is 61.1 Å². The Morgan fingerprint density at radius 3 is 2.37 bits per heavy atom. The molecule has 0 radical (unpaired) electrons. The van der Waals surface area contributed by atoms with Gasteiger partial charge in [0.1, 0.15) is 14.1 Å². The molecule has 0 atom stereocenters. The number of hydrogen-bond donors (Lipinski definition) is 0. The van der Waals surface area contributed by atoms with E-state index in [1.165, 1.54) is 25.2 Å². The fraction of sp³-hybridized carbons (Fsp3) is 0.133. The van der Waals surface area contributed by atoms with Crippen LogP contribution in [0.4, 0.5) is 0 Å². The summed E-state index contributed by atoms with van der Waals surface area (Å²) in [5, 5.41) is 2.53. The second-order valence-corrected chi connectivity index (χ2v) is 7.47. The number of fused-ring (bicyclic) bond motifs is 1. The van der Waals surface area contributed by atoms with Crippen molar-refractivity contribution in [2.75, 3.05) is 14.1 Å². The second-order valence-electron chi connectivity index (χ2n) is 4.54. The normalized spacial score (nSPS) is 10.8. The maximum absolute atomic E-state index is 5.50. The molecule has 0 N–H and O–H groups in total. The van der Waals surface area contributed by atoms with Crippen LogP contribution in [-0.4, -0.2) is 14.1 Å². The smallest absolute Gasteiger partial charge is 0.220 e. The number of benzene rings is 2. The lowest BCUT2D eigenvalue weighted by Crippen LogP contribution is -2.14. The van der Waals surface area contributed by atoms with E-state index in [-0.39, 0.29) is 0 Å². The summed E-state index contributed by atoms with van der Waals surface area (Å²) in [6.07, 6.45) is 0. The maximum Gasteiger partial charge on any atom is 0.220 e. The van der Waals surface area contributed by atoms with Crippen molar-refractivity contribution < 1.29 is 0 Å². The predicted molar refractivity (Wildman–Crippen MR) is 87.9 cm³/mol. The number of nitrogens with zero attached hydrogens (tertiary/aromatic N) is 1. The maximum atomic E-state index is 5.50. The molecule has 0 unspecified atom stereocenters. The molecule has 3 rings (SSSR count). The van der Waals surface area contributed by atoms with E-state index in [0.29, 0.717) is 0 Å². The molecule has 0 aliphatic rings. The van der Waals surface area contributed by atoms with E-state index in [4.69, 9.17) is 12.6 Å². The molecule has 0 saturated heterocycles. The third-order valence-electron chi connectivity index (χ3n) is 2.93. The minimum atomic E-state index is 0.976. The summed E-state index contributed by atoms with van der Waals surface area (Å²) in [5.74, 6) is 0. The van der Waals surface area contributed by atoms with Gasteiger partial charge in [0.2, 0.25) is 3.98 Å². The van der Waals surface area contributed by atoms with Crippen molar-refractivity contribution in [2.24, 2.45) is 0 Å². The van der Waals surface area contributed by atoms with Crippen LogP contribution in [0, 0.1) is 0 Å². The van der Waals surface area contributed by atoms with Gasteiger partial charge in [0.05, 0.1) is 0 Å². The standard InChI is InChI=1S/C15H13NS3/c1-16(2)15-18-13(14(17)19-15)12-8-7-10-5-3-4-6-11(10)9-12/h3-9H,1-2H3. The van der Waals surface area contributed by atoms with E-state index in [9.17, 15) is 0 Å². The van der Waals surface area contributed by atoms with Crippen LogP contribution in [0.1, 0.15) is 0 Å². The first-order chi connectivity index (χ1) is 9.15. The van der Waals surface area contributed by atoms with Gasteiger partial charge in [0.25, 0.3) is 0 Å². The van der Waals surface area contributed by atoms with E-state index < -0.39 is 0 Å². The minimum Gasteiger partial charge on any atom is -0.426 e. The summed E-state index contributed by atoms with van der Waals surface area (Å²) < 4.78 is 4.34. The molecule has 0 fully saturated rings. The second kappa shape index (κ2) is 5.04. The lowest BCUT2D eigenvalue weighted by atomic mass is 10.1. The Labute approximate surface area is 125 Å². The van der Waals surface area contributed by atoms with Gasteiger partial charge in [-0.1, -0.05) is 51.9 Å². The molecule has 2 aromatic carbocycles. The molecule has 3 aromatic rings. The van der Waals surface area contributed by atoms with Crippen molar-refractivity contribution in [1.29, 1.82) is 0 Å². The van der Waals surface area contributed by atoms with Gasteiger partial charge in [0, 0.05) is 4.88 Å². The number of rotatable bonds is 1. The molecule has 1 aromatic heterocycles. The van der Waals surface area contributed by atoms with E-state index in [0.717, 1.165) is 4.21 Å². The molecule has 1 nitrogen and oxygen atoms in total. The van der Waals surface area contributed by atoms with Gasteiger partial charge in [-0.05, 0) is 22.4 Å². The Morgan fingerprint density at radius 2 is 1.68 bits per heavy atom. The van der Waals surface area contributed by atoms with Crippen molar-refractivity contribution >= 4 is 46.1 Å². The fourth-order valence-corrected chi connectivity index (χ4v) is 4.76. The Bertz CT molecular complexity index is 807.